The normalized spacial score (nSPS) is 14.4. The van der Waals surface area contributed by atoms with E-state index < -0.39 is 0 Å². The van der Waals surface area contributed by atoms with Crippen LogP contribution in [0, 0.1) is 5.92 Å². The number of hydrogen-bond donors (Lipinski definition) is 2. The van der Waals surface area contributed by atoms with Crippen LogP contribution in [0.1, 0.15) is 62.7 Å². The second-order valence-electron chi connectivity index (χ2n) is 8.01. The van der Waals surface area contributed by atoms with Gasteiger partial charge in [0.25, 0.3) is 5.91 Å². The molecule has 2 amide bonds. The lowest BCUT2D eigenvalue weighted by Gasteiger charge is -2.17. The molecule has 5 heteroatoms. The molecule has 30 heavy (non-hydrogen) atoms. The fourth-order valence-corrected chi connectivity index (χ4v) is 3.85. The number of anilines is 3. The zero-order valence-electron chi connectivity index (χ0n) is 18.1. The Morgan fingerprint density at radius 2 is 1.50 bits per heavy atom. The van der Waals surface area contributed by atoms with Gasteiger partial charge in [0.2, 0.25) is 5.91 Å². The lowest BCUT2D eigenvalue weighted by molar-refractivity contribution is -0.120. The third kappa shape index (κ3) is 5.85. The Hall–Kier alpha value is -2.82. The summed E-state index contributed by atoms with van der Waals surface area (Å²) >= 11 is 0. The number of carbonyl (C=O) groups excluding carboxylic acids is 2. The number of benzene rings is 2. The van der Waals surface area contributed by atoms with Gasteiger partial charge < -0.3 is 15.5 Å². The summed E-state index contributed by atoms with van der Waals surface area (Å²) in [5.74, 6) is -0.0612. The number of carbonyl (C=O) groups is 2. The van der Waals surface area contributed by atoms with Gasteiger partial charge in [0.05, 0.1) is 0 Å². The van der Waals surface area contributed by atoms with E-state index in [1.165, 1.54) is 18.5 Å². The highest BCUT2D eigenvalue weighted by Gasteiger charge is 2.16. The minimum atomic E-state index is -0.156. The van der Waals surface area contributed by atoms with Gasteiger partial charge in [0.15, 0.2) is 0 Å². The van der Waals surface area contributed by atoms with Crippen molar-refractivity contribution in [1.82, 2.24) is 0 Å². The number of nitrogens with one attached hydrogen (secondary N) is 2. The number of rotatable bonds is 9. The summed E-state index contributed by atoms with van der Waals surface area (Å²) < 4.78 is 0. The van der Waals surface area contributed by atoms with Crippen molar-refractivity contribution in [1.29, 1.82) is 0 Å². The van der Waals surface area contributed by atoms with Crippen molar-refractivity contribution in [2.24, 2.45) is 5.92 Å². The van der Waals surface area contributed by atoms with Crippen LogP contribution in [0.25, 0.3) is 0 Å². The fourth-order valence-electron chi connectivity index (χ4n) is 3.85. The van der Waals surface area contributed by atoms with Crippen molar-refractivity contribution in [2.75, 3.05) is 28.6 Å². The van der Waals surface area contributed by atoms with Gasteiger partial charge in [-0.3, -0.25) is 9.59 Å². The van der Waals surface area contributed by atoms with Gasteiger partial charge in [-0.25, -0.2) is 0 Å². The molecule has 0 bridgehead atoms. The molecule has 3 rings (SSSR count). The first kappa shape index (κ1) is 21.9. The van der Waals surface area contributed by atoms with Gasteiger partial charge >= 0.3 is 0 Å². The lowest BCUT2D eigenvalue weighted by Crippen LogP contribution is -2.22. The van der Waals surface area contributed by atoms with Gasteiger partial charge in [-0.1, -0.05) is 26.7 Å². The van der Waals surface area contributed by atoms with E-state index in [1.54, 1.807) is 24.3 Å². The maximum absolute atomic E-state index is 12.6. The van der Waals surface area contributed by atoms with E-state index in [0.717, 1.165) is 50.1 Å². The van der Waals surface area contributed by atoms with Crippen molar-refractivity contribution < 1.29 is 9.59 Å². The topological polar surface area (TPSA) is 61.4 Å². The zero-order valence-corrected chi connectivity index (χ0v) is 18.1. The molecular formula is C25H33N3O2. The molecule has 1 heterocycles. The summed E-state index contributed by atoms with van der Waals surface area (Å²) in [6, 6.07) is 15.1. The van der Waals surface area contributed by atoms with Crippen LogP contribution >= 0.6 is 0 Å². The quantitative estimate of drug-likeness (QED) is 0.561. The molecule has 5 nitrogen and oxygen atoms in total. The Morgan fingerprint density at radius 3 is 2.10 bits per heavy atom. The maximum Gasteiger partial charge on any atom is 0.255 e. The smallest absolute Gasteiger partial charge is 0.255 e. The highest BCUT2D eigenvalue weighted by atomic mass is 16.2. The number of unbranched alkanes of at least 4 members (excludes halogenated alkanes) is 1. The molecule has 1 saturated heterocycles. The van der Waals surface area contributed by atoms with Crippen molar-refractivity contribution in [3.63, 3.8) is 0 Å². The fraction of sp³-hybridized carbons (Fsp3) is 0.440. The van der Waals surface area contributed by atoms with Crippen LogP contribution in [0.2, 0.25) is 0 Å². The van der Waals surface area contributed by atoms with E-state index in [2.05, 4.69) is 34.6 Å². The molecule has 0 aliphatic carbocycles. The van der Waals surface area contributed by atoms with E-state index in [9.17, 15) is 9.59 Å². The molecule has 0 spiro atoms. The highest BCUT2D eigenvalue weighted by Crippen LogP contribution is 2.22. The summed E-state index contributed by atoms with van der Waals surface area (Å²) in [6.45, 7) is 6.39. The average molecular weight is 408 g/mol. The first-order chi connectivity index (χ1) is 14.6. The summed E-state index contributed by atoms with van der Waals surface area (Å²) in [6.07, 6.45) is 6.39. The Morgan fingerprint density at radius 1 is 0.900 bits per heavy atom. The molecule has 1 aliphatic rings. The molecular weight excluding hydrogens is 374 g/mol. The van der Waals surface area contributed by atoms with Gasteiger partial charge in [0.1, 0.15) is 0 Å². The maximum atomic E-state index is 12.6. The van der Waals surface area contributed by atoms with Crippen LogP contribution in [0.4, 0.5) is 17.1 Å². The van der Waals surface area contributed by atoms with E-state index >= 15 is 0 Å². The van der Waals surface area contributed by atoms with Crippen LogP contribution in [-0.2, 0) is 4.79 Å². The predicted octanol–water partition coefficient (Wildman–Crippen LogP) is 5.69. The molecule has 0 radical (unpaired) electrons. The SMILES string of the molecule is CCCCC(CC)C(=O)Nc1ccc(C(=O)Nc2ccc(N3CCCC3)cc2)cc1. The molecule has 0 aromatic heterocycles. The van der Waals surface area contributed by atoms with Crippen LogP contribution in [0.3, 0.4) is 0 Å². The first-order valence-corrected chi connectivity index (χ1v) is 11.2. The summed E-state index contributed by atoms with van der Waals surface area (Å²) in [5.41, 5.74) is 3.27. The van der Waals surface area contributed by atoms with Gasteiger partial charge in [-0.05, 0) is 74.2 Å². The van der Waals surface area contributed by atoms with Crippen LogP contribution < -0.4 is 15.5 Å². The Labute approximate surface area is 179 Å². The van der Waals surface area contributed by atoms with Gasteiger partial charge in [0, 0.05) is 41.6 Å². The van der Waals surface area contributed by atoms with Crippen LogP contribution in [-0.4, -0.2) is 24.9 Å². The number of nitrogens with zero attached hydrogens (tertiary/aromatic N) is 1. The molecule has 1 aliphatic heterocycles. The largest absolute Gasteiger partial charge is 0.372 e. The minimum absolute atomic E-state index is 0.0384. The Kier molecular flexibility index (Phi) is 7.89. The molecule has 1 atom stereocenters. The summed E-state index contributed by atoms with van der Waals surface area (Å²) in [5, 5.41) is 5.92. The number of amides is 2. The third-order valence-electron chi connectivity index (χ3n) is 5.78. The van der Waals surface area contributed by atoms with Crippen LogP contribution in [0.5, 0.6) is 0 Å². The third-order valence-corrected chi connectivity index (χ3v) is 5.78. The van der Waals surface area contributed by atoms with E-state index in [-0.39, 0.29) is 17.7 Å². The van der Waals surface area contributed by atoms with E-state index in [0.29, 0.717) is 5.56 Å². The second-order valence-corrected chi connectivity index (χ2v) is 8.01. The molecule has 1 fully saturated rings. The molecule has 1 unspecified atom stereocenters. The minimum Gasteiger partial charge on any atom is -0.372 e. The van der Waals surface area contributed by atoms with Crippen molar-refractivity contribution >= 4 is 28.9 Å². The first-order valence-electron chi connectivity index (χ1n) is 11.2. The van der Waals surface area contributed by atoms with Gasteiger partial charge in [-0.2, -0.15) is 0 Å². The molecule has 160 valence electrons. The number of hydrogen-bond acceptors (Lipinski definition) is 3. The van der Waals surface area contributed by atoms with Crippen molar-refractivity contribution in [3.8, 4) is 0 Å². The average Bonchev–Trinajstić information content (AvgIpc) is 3.30. The van der Waals surface area contributed by atoms with E-state index in [1.807, 2.05) is 19.1 Å². The lowest BCUT2D eigenvalue weighted by atomic mass is 9.98. The van der Waals surface area contributed by atoms with Crippen molar-refractivity contribution in [3.05, 3.63) is 54.1 Å². The Bertz CT molecular complexity index is 824. The predicted molar refractivity (Wildman–Crippen MR) is 124 cm³/mol. The molecule has 0 saturated carbocycles. The standard InChI is InChI=1S/C25H33N3O2/c1-3-5-8-19(4-2)24(29)26-21-11-9-20(10-12-21)25(30)27-22-13-15-23(16-14-22)28-17-6-7-18-28/h9-16,19H,3-8,17-18H2,1-2H3,(H,26,29)(H,27,30). The second kappa shape index (κ2) is 10.8. The summed E-state index contributed by atoms with van der Waals surface area (Å²) in [7, 11) is 0. The highest BCUT2D eigenvalue weighted by molar-refractivity contribution is 6.04. The molecule has 2 aromatic carbocycles. The Balaban J connectivity index is 1.55. The zero-order chi connectivity index (χ0) is 21.3. The van der Waals surface area contributed by atoms with E-state index in [4.69, 9.17) is 0 Å². The molecule has 2 aromatic rings. The molecule has 2 N–H and O–H groups in total. The van der Waals surface area contributed by atoms with Crippen LogP contribution in [0.15, 0.2) is 48.5 Å². The van der Waals surface area contributed by atoms with Crippen molar-refractivity contribution in [2.45, 2.75) is 52.4 Å². The van der Waals surface area contributed by atoms with Gasteiger partial charge in [-0.15, -0.1) is 0 Å². The monoisotopic (exact) mass is 407 g/mol. The summed E-state index contributed by atoms with van der Waals surface area (Å²) in [4.78, 5) is 27.4.